The molecule has 2 bridgehead atoms. The molecule has 0 aromatic rings. The van der Waals surface area contributed by atoms with Crippen LogP contribution >= 0.6 is 0 Å². The van der Waals surface area contributed by atoms with E-state index in [1.54, 1.807) is 26.9 Å². The molecule has 0 radical (unpaired) electrons. The standard InChI is InChI=1S/C29H46N4O6/c1-5-11-31(12-6-2)26(35)23-22-9-10-29(39-22)24(23)27(36)33(21(8-4)20-34)25(29)28(37)32(13-7-3)15-14-30-16-18-38-19-17-30/h5,7,21-25,34H,1,3,6,8-20H2,2,4H3/t21-,22+,23-,24-,25?,29?/m0/s1. The molecule has 1 spiro atoms. The molecule has 4 saturated heterocycles. The minimum Gasteiger partial charge on any atom is -0.394 e. The average molecular weight is 547 g/mol. The minimum atomic E-state index is -1.08. The van der Waals surface area contributed by atoms with E-state index in [2.05, 4.69) is 18.1 Å². The van der Waals surface area contributed by atoms with Crippen molar-refractivity contribution in [3.63, 3.8) is 0 Å². The fourth-order valence-corrected chi connectivity index (χ4v) is 7.09. The topological polar surface area (TPSA) is 103 Å². The Bertz CT molecular complexity index is 919. The van der Waals surface area contributed by atoms with E-state index in [-0.39, 0.29) is 24.3 Å². The van der Waals surface area contributed by atoms with Crippen LogP contribution in [0.1, 0.15) is 39.5 Å². The highest BCUT2D eigenvalue weighted by Gasteiger charge is 2.75. The predicted molar refractivity (Wildman–Crippen MR) is 147 cm³/mol. The van der Waals surface area contributed by atoms with Gasteiger partial charge in [-0.2, -0.15) is 0 Å². The highest BCUT2D eigenvalue weighted by molar-refractivity contribution is 5.99. The summed E-state index contributed by atoms with van der Waals surface area (Å²) in [5.74, 6) is -1.95. The lowest BCUT2D eigenvalue weighted by atomic mass is 9.70. The Balaban J connectivity index is 1.67. The number of likely N-dealkylation sites (tertiary alicyclic amines) is 1. The number of carbonyl (C=O) groups is 3. The van der Waals surface area contributed by atoms with Crippen LogP contribution in [-0.2, 0) is 23.9 Å². The number of morpholine rings is 1. The van der Waals surface area contributed by atoms with Gasteiger partial charge in [-0.1, -0.05) is 26.0 Å². The first-order valence-corrected chi connectivity index (χ1v) is 14.6. The Labute approximate surface area is 232 Å². The Morgan fingerprint density at radius 2 is 1.79 bits per heavy atom. The second-order valence-corrected chi connectivity index (χ2v) is 11.1. The van der Waals surface area contributed by atoms with Gasteiger partial charge in [-0.15, -0.1) is 13.2 Å². The first-order chi connectivity index (χ1) is 18.9. The van der Waals surface area contributed by atoms with Crippen molar-refractivity contribution >= 4 is 17.7 Å². The summed E-state index contributed by atoms with van der Waals surface area (Å²) in [6, 6.07) is -1.42. The zero-order valence-electron chi connectivity index (χ0n) is 23.6. The number of aliphatic hydroxyl groups is 1. The van der Waals surface area contributed by atoms with E-state index in [4.69, 9.17) is 9.47 Å². The number of aliphatic hydroxyl groups excluding tert-OH is 1. The van der Waals surface area contributed by atoms with Gasteiger partial charge in [0, 0.05) is 45.8 Å². The molecule has 6 atom stereocenters. The molecule has 4 aliphatic heterocycles. The maximum absolute atomic E-state index is 14.4. The summed E-state index contributed by atoms with van der Waals surface area (Å²) in [6.07, 6.45) is 5.44. The van der Waals surface area contributed by atoms with Gasteiger partial charge in [0.25, 0.3) is 0 Å². The Morgan fingerprint density at radius 3 is 2.38 bits per heavy atom. The lowest BCUT2D eigenvalue weighted by molar-refractivity contribution is -0.152. The Hall–Kier alpha value is -2.27. The number of hydrogen-bond donors (Lipinski definition) is 1. The van der Waals surface area contributed by atoms with Crippen molar-refractivity contribution in [1.29, 1.82) is 0 Å². The number of carbonyl (C=O) groups excluding carboxylic acids is 3. The summed E-state index contributed by atoms with van der Waals surface area (Å²) >= 11 is 0. The van der Waals surface area contributed by atoms with E-state index in [1.807, 2.05) is 13.8 Å². The number of nitrogens with zero attached hydrogens (tertiary/aromatic N) is 4. The normalized spacial score (nSPS) is 30.7. The third-order valence-electron chi connectivity index (χ3n) is 8.94. The molecule has 10 heteroatoms. The van der Waals surface area contributed by atoms with E-state index >= 15 is 0 Å². The summed E-state index contributed by atoms with van der Waals surface area (Å²) in [6.45, 7) is 16.8. The highest BCUT2D eigenvalue weighted by Crippen LogP contribution is 2.59. The first kappa shape index (κ1) is 29.7. The second-order valence-electron chi connectivity index (χ2n) is 11.1. The van der Waals surface area contributed by atoms with Gasteiger partial charge in [0.2, 0.25) is 17.7 Å². The van der Waals surface area contributed by atoms with Crippen molar-refractivity contribution in [2.45, 2.75) is 63.3 Å². The molecule has 0 aromatic carbocycles. The summed E-state index contributed by atoms with van der Waals surface area (Å²) in [7, 11) is 0. The third-order valence-corrected chi connectivity index (χ3v) is 8.94. The van der Waals surface area contributed by atoms with Crippen LogP contribution in [0.2, 0.25) is 0 Å². The molecule has 4 rings (SSSR count). The van der Waals surface area contributed by atoms with E-state index in [1.165, 1.54) is 0 Å². The lowest BCUT2D eigenvalue weighted by Crippen LogP contribution is -2.59. The van der Waals surface area contributed by atoms with Gasteiger partial charge in [0.15, 0.2) is 0 Å². The van der Waals surface area contributed by atoms with Crippen LogP contribution < -0.4 is 0 Å². The second kappa shape index (κ2) is 12.9. The lowest BCUT2D eigenvalue weighted by Gasteiger charge is -2.39. The number of ether oxygens (including phenoxy) is 2. The largest absolute Gasteiger partial charge is 0.394 e. The Morgan fingerprint density at radius 1 is 1.13 bits per heavy atom. The molecule has 4 heterocycles. The van der Waals surface area contributed by atoms with Crippen LogP contribution in [0.25, 0.3) is 0 Å². The van der Waals surface area contributed by atoms with Crippen molar-refractivity contribution in [1.82, 2.24) is 19.6 Å². The van der Waals surface area contributed by atoms with Crippen LogP contribution in [0.3, 0.4) is 0 Å². The number of rotatable bonds is 14. The Kier molecular flexibility index (Phi) is 9.85. The zero-order valence-corrected chi connectivity index (χ0v) is 23.6. The molecular formula is C29H46N4O6. The molecule has 4 fully saturated rings. The summed E-state index contributed by atoms with van der Waals surface area (Å²) < 4.78 is 12.1. The molecule has 1 N–H and O–H groups in total. The molecule has 39 heavy (non-hydrogen) atoms. The van der Waals surface area contributed by atoms with E-state index in [0.29, 0.717) is 65.2 Å². The van der Waals surface area contributed by atoms with Crippen molar-refractivity contribution in [2.24, 2.45) is 11.8 Å². The van der Waals surface area contributed by atoms with Crippen LogP contribution in [0.5, 0.6) is 0 Å². The fourth-order valence-electron chi connectivity index (χ4n) is 7.09. The van der Waals surface area contributed by atoms with Gasteiger partial charge >= 0.3 is 0 Å². The smallest absolute Gasteiger partial charge is 0.248 e. The van der Waals surface area contributed by atoms with Crippen LogP contribution in [0, 0.1) is 11.8 Å². The summed E-state index contributed by atoms with van der Waals surface area (Å²) in [5, 5.41) is 10.3. The SMILES string of the molecule is C=CCN(CCN1CCOCC1)C(=O)C1N([C@@H](CC)CO)C(=O)[C@@H]2[C@@H](C(=O)N(CC=C)CCC)[C@H]3CCC12O3. The molecular weight excluding hydrogens is 500 g/mol. The van der Waals surface area contributed by atoms with Crippen molar-refractivity contribution in [2.75, 3.05) is 65.6 Å². The van der Waals surface area contributed by atoms with E-state index in [0.717, 1.165) is 19.5 Å². The zero-order chi connectivity index (χ0) is 28.2. The van der Waals surface area contributed by atoms with Gasteiger partial charge < -0.3 is 29.3 Å². The van der Waals surface area contributed by atoms with Crippen LogP contribution in [-0.4, -0.2) is 132 Å². The van der Waals surface area contributed by atoms with Gasteiger partial charge in [0.05, 0.1) is 43.8 Å². The average Bonchev–Trinajstić information content (AvgIpc) is 3.59. The highest BCUT2D eigenvalue weighted by atomic mass is 16.5. The quantitative estimate of drug-likeness (QED) is 0.323. The van der Waals surface area contributed by atoms with Crippen molar-refractivity contribution in [3.8, 4) is 0 Å². The van der Waals surface area contributed by atoms with Crippen molar-refractivity contribution in [3.05, 3.63) is 25.3 Å². The molecule has 4 aliphatic rings. The molecule has 0 aliphatic carbocycles. The van der Waals surface area contributed by atoms with Crippen molar-refractivity contribution < 1.29 is 29.0 Å². The predicted octanol–water partition coefficient (Wildman–Crippen LogP) is 0.903. The number of fused-ring (bicyclic) bond motifs is 1. The third kappa shape index (κ3) is 5.40. The first-order valence-electron chi connectivity index (χ1n) is 14.6. The molecule has 218 valence electrons. The summed E-state index contributed by atoms with van der Waals surface area (Å²) in [4.78, 5) is 49.8. The van der Waals surface area contributed by atoms with Crippen LogP contribution in [0.4, 0.5) is 0 Å². The number of amides is 3. The van der Waals surface area contributed by atoms with Gasteiger partial charge in [-0.05, 0) is 25.7 Å². The fraction of sp³-hybridized carbons (Fsp3) is 0.759. The maximum Gasteiger partial charge on any atom is 0.248 e. The van der Waals surface area contributed by atoms with Gasteiger partial charge in [-0.3, -0.25) is 19.3 Å². The minimum absolute atomic E-state index is 0.109. The molecule has 2 unspecified atom stereocenters. The molecule has 3 amide bonds. The number of hydrogen-bond acceptors (Lipinski definition) is 7. The van der Waals surface area contributed by atoms with Gasteiger partial charge in [-0.25, -0.2) is 0 Å². The van der Waals surface area contributed by atoms with E-state index in [9.17, 15) is 19.5 Å². The van der Waals surface area contributed by atoms with Crippen LogP contribution in [0.15, 0.2) is 25.3 Å². The maximum atomic E-state index is 14.4. The van der Waals surface area contributed by atoms with Gasteiger partial charge in [0.1, 0.15) is 11.6 Å². The summed E-state index contributed by atoms with van der Waals surface area (Å²) in [5.41, 5.74) is -1.08. The molecule has 0 aromatic heterocycles. The molecule has 0 saturated carbocycles. The monoisotopic (exact) mass is 546 g/mol. The molecule has 10 nitrogen and oxygen atoms in total. The van der Waals surface area contributed by atoms with E-state index < -0.39 is 35.6 Å².